The molecule has 104 valence electrons. The Labute approximate surface area is 128 Å². The predicted octanol–water partition coefficient (Wildman–Crippen LogP) is 4.36. The van der Waals surface area contributed by atoms with E-state index in [0.29, 0.717) is 6.61 Å². The second kappa shape index (κ2) is 5.98. The lowest BCUT2D eigenvalue weighted by Crippen LogP contribution is -2.17. The molecule has 2 aromatic rings. The first kappa shape index (κ1) is 13.7. The number of rotatable bonds is 3. The van der Waals surface area contributed by atoms with E-state index in [-0.39, 0.29) is 6.04 Å². The number of fused-ring (bicyclic) bond motifs is 1. The summed E-state index contributed by atoms with van der Waals surface area (Å²) in [6.45, 7) is 0.585. The second-order valence-electron chi connectivity index (χ2n) is 5.27. The summed E-state index contributed by atoms with van der Waals surface area (Å²) in [6.07, 6.45) is 3.40. The molecule has 0 saturated heterocycles. The van der Waals surface area contributed by atoms with Gasteiger partial charge in [0, 0.05) is 10.5 Å². The SMILES string of the molecule is NC1CCCc2ccc(OCc3ccc(Br)cc3)cc21. The van der Waals surface area contributed by atoms with Crippen LogP contribution in [0.25, 0.3) is 0 Å². The number of nitrogens with two attached hydrogens (primary N) is 1. The molecule has 1 unspecified atom stereocenters. The van der Waals surface area contributed by atoms with Gasteiger partial charge in [0.25, 0.3) is 0 Å². The van der Waals surface area contributed by atoms with Gasteiger partial charge in [0.05, 0.1) is 0 Å². The van der Waals surface area contributed by atoms with Gasteiger partial charge in [-0.05, 0) is 60.2 Å². The molecular formula is C17H18BrNO. The second-order valence-corrected chi connectivity index (χ2v) is 6.19. The summed E-state index contributed by atoms with van der Waals surface area (Å²) >= 11 is 3.43. The number of hydrogen-bond acceptors (Lipinski definition) is 2. The van der Waals surface area contributed by atoms with Crippen LogP contribution in [0.4, 0.5) is 0 Å². The fourth-order valence-corrected chi connectivity index (χ4v) is 2.92. The van der Waals surface area contributed by atoms with E-state index in [1.807, 2.05) is 12.1 Å². The topological polar surface area (TPSA) is 35.2 Å². The van der Waals surface area contributed by atoms with Crippen molar-refractivity contribution in [2.45, 2.75) is 31.9 Å². The summed E-state index contributed by atoms with van der Waals surface area (Å²) < 4.78 is 6.96. The average molecular weight is 332 g/mol. The van der Waals surface area contributed by atoms with Crippen LogP contribution in [0.2, 0.25) is 0 Å². The van der Waals surface area contributed by atoms with Crippen LogP contribution in [0.3, 0.4) is 0 Å². The number of aryl methyl sites for hydroxylation is 1. The lowest BCUT2D eigenvalue weighted by molar-refractivity contribution is 0.305. The minimum absolute atomic E-state index is 0.162. The Balaban J connectivity index is 1.72. The van der Waals surface area contributed by atoms with Crippen molar-refractivity contribution in [1.82, 2.24) is 0 Å². The van der Waals surface area contributed by atoms with Gasteiger partial charge in [-0.25, -0.2) is 0 Å². The Kier molecular flexibility index (Phi) is 4.08. The Bertz CT molecular complexity index is 594. The van der Waals surface area contributed by atoms with E-state index in [0.717, 1.165) is 28.6 Å². The molecule has 1 atom stereocenters. The molecule has 0 amide bonds. The van der Waals surface area contributed by atoms with E-state index in [4.69, 9.17) is 10.5 Å². The van der Waals surface area contributed by atoms with E-state index < -0.39 is 0 Å². The fraction of sp³-hybridized carbons (Fsp3) is 0.294. The largest absolute Gasteiger partial charge is 0.489 e. The molecule has 1 aliphatic rings. The van der Waals surface area contributed by atoms with E-state index >= 15 is 0 Å². The standard InChI is InChI=1S/C17H18BrNO/c18-14-7-4-12(5-8-14)11-20-15-9-6-13-2-1-3-17(19)16(13)10-15/h4-10,17H,1-3,11,19H2. The maximum Gasteiger partial charge on any atom is 0.120 e. The highest BCUT2D eigenvalue weighted by molar-refractivity contribution is 9.10. The summed E-state index contributed by atoms with van der Waals surface area (Å²) in [7, 11) is 0. The molecule has 0 radical (unpaired) electrons. The maximum atomic E-state index is 6.18. The first-order valence-corrected chi connectivity index (χ1v) is 7.77. The third kappa shape index (κ3) is 3.05. The maximum absolute atomic E-state index is 6.18. The van der Waals surface area contributed by atoms with Crippen molar-refractivity contribution in [3.63, 3.8) is 0 Å². The Hall–Kier alpha value is -1.32. The minimum Gasteiger partial charge on any atom is -0.489 e. The predicted molar refractivity (Wildman–Crippen MR) is 84.8 cm³/mol. The Morgan fingerprint density at radius 3 is 2.75 bits per heavy atom. The third-order valence-electron chi connectivity index (χ3n) is 3.80. The lowest BCUT2D eigenvalue weighted by Gasteiger charge is -2.22. The normalized spacial score (nSPS) is 17.6. The van der Waals surface area contributed by atoms with E-state index in [1.54, 1.807) is 0 Å². The zero-order chi connectivity index (χ0) is 13.9. The third-order valence-corrected chi connectivity index (χ3v) is 4.33. The van der Waals surface area contributed by atoms with Crippen LogP contribution in [-0.2, 0) is 13.0 Å². The van der Waals surface area contributed by atoms with Crippen LogP contribution in [-0.4, -0.2) is 0 Å². The zero-order valence-electron chi connectivity index (χ0n) is 11.3. The molecule has 0 aromatic heterocycles. The lowest BCUT2D eigenvalue weighted by atomic mass is 9.88. The summed E-state index contributed by atoms with van der Waals surface area (Å²) in [5.74, 6) is 0.906. The average Bonchev–Trinajstić information content (AvgIpc) is 2.47. The summed E-state index contributed by atoms with van der Waals surface area (Å²) in [5, 5.41) is 0. The molecule has 0 aliphatic heterocycles. The monoisotopic (exact) mass is 331 g/mol. The van der Waals surface area contributed by atoms with Crippen molar-refractivity contribution in [1.29, 1.82) is 0 Å². The van der Waals surface area contributed by atoms with E-state index in [1.165, 1.54) is 17.5 Å². The molecule has 2 N–H and O–H groups in total. The van der Waals surface area contributed by atoms with Gasteiger partial charge in [-0.3, -0.25) is 0 Å². The minimum atomic E-state index is 0.162. The highest BCUT2D eigenvalue weighted by Gasteiger charge is 2.17. The molecule has 3 rings (SSSR count). The first-order valence-electron chi connectivity index (χ1n) is 6.98. The van der Waals surface area contributed by atoms with E-state index in [9.17, 15) is 0 Å². The van der Waals surface area contributed by atoms with Gasteiger partial charge in [-0.15, -0.1) is 0 Å². The summed E-state index contributed by atoms with van der Waals surface area (Å²) in [4.78, 5) is 0. The highest BCUT2D eigenvalue weighted by atomic mass is 79.9. The van der Waals surface area contributed by atoms with Gasteiger partial charge >= 0.3 is 0 Å². The molecule has 2 aromatic carbocycles. The van der Waals surface area contributed by atoms with Gasteiger partial charge in [-0.2, -0.15) is 0 Å². The number of benzene rings is 2. The van der Waals surface area contributed by atoms with Crippen LogP contribution in [0.1, 0.15) is 35.6 Å². The fourth-order valence-electron chi connectivity index (χ4n) is 2.65. The van der Waals surface area contributed by atoms with E-state index in [2.05, 4.69) is 46.3 Å². The molecule has 0 fully saturated rings. The number of ether oxygens (including phenoxy) is 1. The molecular weight excluding hydrogens is 314 g/mol. The van der Waals surface area contributed by atoms with Gasteiger partial charge in [0.2, 0.25) is 0 Å². The van der Waals surface area contributed by atoms with Crippen molar-refractivity contribution in [3.8, 4) is 5.75 Å². The molecule has 0 saturated carbocycles. The van der Waals surface area contributed by atoms with Crippen molar-refractivity contribution >= 4 is 15.9 Å². The Morgan fingerprint density at radius 2 is 1.95 bits per heavy atom. The van der Waals surface area contributed by atoms with Crippen LogP contribution in [0.15, 0.2) is 46.9 Å². The molecule has 20 heavy (non-hydrogen) atoms. The van der Waals surface area contributed by atoms with Crippen LogP contribution >= 0.6 is 15.9 Å². The summed E-state index contributed by atoms with van der Waals surface area (Å²) in [6, 6.07) is 14.7. The molecule has 0 bridgehead atoms. The Morgan fingerprint density at radius 1 is 1.15 bits per heavy atom. The van der Waals surface area contributed by atoms with Crippen LogP contribution in [0, 0.1) is 0 Å². The van der Waals surface area contributed by atoms with Crippen LogP contribution in [0.5, 0.6) is 5.75 Å². The molecule has 0 spiro atoms. The molecule has 0 heterocycles. The highest BCUT2D eigenvalue weighted by Crippen LogP contribution is 2.31. The number of halogens is 1. The quantitative estimate of drug-likeness (QED) is 0.906. The number of hydrogen-bond donors (Lipinski definition) is 1. The van der Waals surface area contributed by atoms with Gasteiger partial charge < -0.3 is 10.5 Å². The van der Waals surface area contributed by atoms with Gasteiger partial charge in [-0.1, -0.05) is 34.1 Å². The zero-order valence-corrected chi connectivity index (χ0v) is 12.9. The van der Waals surface area contributed by atoms with Crippen LogP contribution < -0.4 is 10.5 Å². The van der Waals surface area contributed by atoms with Crippen molar-refractivity contribution in [3.05, 3.63) is 63.6 Å². The summed E-state index contributed by atoms with van der Waals surface area (Å²) in [5.41, 5.74) is 9.97. The van der Waals surface area contributed by atoms with Crippen molar-refractivity contribution < 1.29 is 4.74 Å². The first-order chi connectivity index (χ1) is 9.72. The van der Waals surface area contributed by atoms with Gasteiger partial charge in [0.1, 0.15) is 12.4 Å². The molecule has 1 aliphatic carbocycles. The molecule has 2 nitrogen and oxygen atoms in total. The van der Waals surface area contributed by atoms with Crippen molar-refractivity contribution in [2.24, 2.45) is 5.73 Å². The van der Waals surface area contributed by atoms with Crippen molar-refractivity contribution in [2.75, 3.05) is 0 Å². The molecule has 3 heteroatoms. The van der Waals surface area contributed by atoms with Gasteiger partial charge in [0.15, 0.2) is 0 Å². The smallest absolute Gasteiger partial charge is 0.120 e.